The van der Waals surface area contributed by atoms with Gasteiger partial charge in [0.15, 0.2) is 5.12 Å². The van der Waals surface area contributed by atoms with Gasteiger partial charge in [0.2, 0.25) is 0 Å². The first-order valence-corrected chi connectivity index (χ1v) is 3.14. The third-order valence-corrected chi connectivity index (χ3v) is 1.07. The number of nitrogens with two attached hydrogens (primary N) is 1. The molecule has 8 heavy (non-hydrogen) atoms. The van der Waals surface area contributed by atoms with Crippen LogP contribution >= 0.6 is 12.6 Å². The summed E-state index contributed by atoms with van der Waals surface area (Å²) in [5, 5.41) is -0.0431. The van der Waals surface area contributed by atoms with Crippen molar-refractivity contribution in [2.45, 2.75) is 19.3 Å². The highest BCUT2D eigenvalue weighted by molar-refractivity contribution is 7.96. The zero-order valence-corrected chi connectivity index (χ0v) is 5.66. The maximum absolute atomic E-state index is 10.1. The van der Waals surface area contributed by atoms with E-state index in [0.29, 0.717) is 13.0 Å². The number of unbranched alkanes of at least 4 members (excludes halogenated alkanes) is 1. The lowest BCUT2D eigenvalue weighted by molar-refractivity contribution is -0.110. The van der Waals surface area contributed by atoms with Crippen molar-refractivity contribution in [3.63, 3.8) is 0 Å². The zero-order chi connectivity index (χ0) is 6.41. The molecule has 0 spiro atoms. The fourth-order valence-electron chi connectivity index (χ4n) is 0.421. The molecule has 0 atom stereocenters. The minimum absolute atomic E-state index is 0.0431. The Kier molecular flexibility index (Phi) is 5.11. The molecular weight excluding hydrogens is 122 g/mol. The fourth-order valence-corrected chi connectivity index (χ4v) is 0.579. The second kappa shape index (κ2) is 5.12. The summed E-state index contributed by atoms with van der Waals surface area (Å²) < 4.78 is 0. The van der Waals surface area contributed by atoms with Gasteiger partial charge in [0, 0.05) is 6.42 Å². The highest BCUT2D eigenvalue weighted by Crippen LogP contribution is 1.95. The van der Waals surface area contributed by atoms with E-state index in [4.69, 9.17) is 5.73 Å². The molecule has 0 aromatic heterocycles. The Balaban J connectivity index is 2.82. The molecule has 0 bridgehead atoms. The Morgan fingerprint density at radius 3 is 2.50 bits per heavy atom. The van der Waals surface area contributed by atoms with Crippen molar-refractivity contribution in [1.82, 2.24) is 0 Å². The summed E-state index contributed by atoms with van der Waals surface area (Å²) in [5.74, 6) is 0. The van der Waals surface area contributed by atoms with Crippen LogP contribution in [0.2, 0.25) is 0 Å². The van der Waals surface area contributed by atoms with E-state index in [1.165, 1.54) is 0 Å². The number of carbonyl (C=O) groups excluding carboxylic acids is 1. The van der Waals surface area contributed by atoms with Crippen LogP contribution in [-0.4, -0.2) is 11.7 Å². The second-order valence-corrected chi connectivity index (χ2v) is 2.14. The average Bonchev–Trinajstić information content (AvgIpc) is 1.66. The van der Waals surface area contributed by atoms with Crippen molar-refractivity contribution in [3.8, 4) is 0 Å². The van der Waals surface area contributed by atoms with Crippen LogP contribution in [-0.2, 0) is 4.79 Å². The van der Waals surface area contributed by atoms with Crippen LogP contribution in [0.3, 0.4) is 0 Å². The van der Waals surface area contributed by atoms with Gasteiger partial charge in [-0.25, -0.2) is 0 Å². The molecule has 3 heteroatoms. The van der Waals surface area contributed by atoms with E-state index >= 15 is 0 Å². The third-order valence-electron chi connectivity index (χ3n) is 0.845. The minimum atomic E-state index is -0.0431. The molecule has 0 aromatic carbocycles. The molecule has 2 nitrogen and oxygen atoms in total. The SMILES string of the molecule is NCCCCC(=O)S. The van der Waals surface area contributed by atoms with E-state index in [2.05, 4.69) is 12.6 Å². The molecule has 0 radical (unpaired) electrons. The van der Waals surface area contributed by atoms with E-state index in [-0.39, 0.29) is 5.12 Å². The van der Waals surface area contributed by atoms with Crippen LogP contribution < -0.4 is 5.73 Å². The largest absolute Gasteiger partial charge is 0.330 e. The van der Waals surface area contributed by atoms with E-state index < -0.39 is 0 Å². The van der Waals surface area contributed by atoms with Gasteiger partial charge in [0.25, 0.3) is 0 Å². The molecular formula is C5H11NOS. The normalized spacial score (nSPS) is 9.25. The second-order valence-electron chi connectivity index (χ2n) is 1.64. The molecule has 0 unspecified atom stereocenters. The Bertz CT molecular complexity index is 74.8. The van der Waals surface area contributed by atoms with Gasteiger partial charge in [-0.1, -0.05) is 0 Å². The average molecular weight is 133 g/mol. The summed E-state index contributed by atoms with van der Waals surface area (Å²) in [4.78, 5) is 10.1. The molecule has 0 aliphatic rings. The van der Waals surface area contributed by atoms with Gasteiger partial charge < -0.3 is 5.73 Å². The summed E-state index contributed by atoms with van der Waals surface area (Å²) in [7, 11) is 0. The van der Waals surface area contributed by atoms with Crippen molar-refractivity contribution < 1.29 is 4.79 Å². The lowest BCUT2D eigenvalue weighted by Crippen LogP contribution is -1.98. The van der Waals surface area contributed by atoms with Crippen LogP contribution in [0.4, 0.5) is 0 Å². The summed E-state index contributed by atoms with van der Waals surface area (Å²) in [6.07, 6.45) is 2.35. The summed E-state index contributed by atoms with van der Waals surface area (Å²) in [6.45, 7) is 0.668. The quantitative estimate of drug-likeness (QED) is 0.435. The Morgan fingerprint density at radius 1 is 1.50 bits per heavy atom. The molecule has 0 aromatic rings. The predicted octanol–water partition coefficient (Wildman–Crippen LogP) is 0.572. The Hall–Kier alpha value is -0.0200. The molecule has 0 fully saturated rings. The van der Waals surface area contributed by atoms with Gasteiger partial charge in [-0.3, -0.25) is 4.79 Å². The number of thiol groups is 1. The third kappa shape index (κ3) is 5.98. The van der Waals surface area contributed by atoms with Gasteiger partial charge in [-0.2, -0.15) is 0 Å². The first-order chi connectivity index (χ1) is 3.77. The van der Waals surface area contributed by atoms with Gasteiger partial charge in [-0.05, 0) is 19.4 Å². The van der Waals surface area contributed by atoms with Crippen molar-refractivity contribution in [2.24, 2.45) is 5.73 Å². The van der Waals surface area contributed by atoms with Crippen LogP contribution in [0.25, 0.3) is 0 Å². The van der Waals surface area contributed by atoms with E-state index in [1.54, 1.807) is 0 Å². The van der Waals surface area contributed by atoms with Crippen molar-refractivity contribution in [3.05, 3.63) is 0 Å². The first-order valence-electron chi connectivity index (χ1n) is 2.69. The van der Waals surface area contributed by atoms with Gasteiger partial charge >= 0.3 is 0 Å². The zero-order valence-electron chi connectivity index (χ0n) is 4.76. The Labute approximate surface area is 54.9 Å². The molecule has 0 aliphatic heterocycles. The molecule has 0 saturated carbocycles. The summed E-state index contributed by atoms with van der Waals surface area (Å²) in [5.41, 5.74) is 5.18. The van der Waals surface area contributed by atoms with E-state index in [9.17, 15) is 4.79 Å². The standard InChI is InChI=1S/C5H11NOS/c6-4-2-1-3-5(7)8/h1-4,6H2,(H,7,8). The molecule has 0 rings (SSSR count). The van der Waals surface area contributed by atoms with Crippen LogP contribution in [0.5, 0.6) is 0 Å². The van der Waals surface area contributed by atoms with E-state index in [0.717, 1.165) is 12.8 Å². The number of rotatable bonds is 4. The first kappa shape index (κ1) is 7.98. The van der Waals surface area contributed by atoms with Crippen molar-refractivity contribution >= 4 is 17.7 Å². The van der Waals surface area contributed by atoms with Crippen LogP contribution in [0, 0.1) is 0 Å². The van der Waals surface area contributed by atoms with Gasteiger partial charge in [-0.15, -0.1) is 12.6 Å². The smallest absolute Gasteiger partial charge is 0.185 e. The Morgan fingerprint density at radius 2 is 2.12 bits per heavy atom. The molecule has 48 valence electrons. The minimum Gasteiger partial charge on any atom is -0.330 e. The molecule has 2 N–H and O–H groups in total. The molecule has 0 saturated heterocycles. The van der Waals surface area contributed by atoms with E-state index in [1.807, 2.05) is 0 Å². The molecule has 0 heterocycles. The topological polar surface area (TPSA) is 43.1 Å². The summed E-state index contributed by atoms with van der Waals surface area (Å²) in [6, 6.07) is 0. The number of hydrogen-bond donors (Lipinski definition) is 2. The van der Waals surface area contributed by atoms with Crippen LogP contribution in [0.15, 0.2) is 0 Å². The highest BCUT2D eigenvalue weighted by atomic mass is 32.1. The van der Waals surface area contributed by atoms with Gasteiger partial charge in [0.05, 0.1) is 0 Å². The molecule has 0 amide bonds. The monoisotopic (exact) mass is 133 g/mol. The maximum Gasteiger partial charge on any atom is 0.185 e. The van der Waals surface area contributed by atoms with Crippen molar-refractivity contribution in [1.29, 1.82) is 0 Å². The lowest BCUT2D eigenvalue weighted by Gasteiger charge is -1.90. The lowest BCUT2D eigenvalue weighted by atomic mass is 10.2. The predicted molar refractivity (Wildman–Crippen MR) is 36.9 cm³/mol. The maximum atomic E-state index is 10.1. The fraction of sp³-hybridized carbons (Fsp3) is 0.800. The number of carbonyl (C=O) groups is 1. The van der Waals surface area contributed by atoms with Crippen molar-refractivity contribution in [2.75, 3.05) is 6.54 Å². The van der Waals surface area contributed by atoms with Crippen LogP contribution in [0.1, 0.15) is 19.3 Å². The highest BCUT2D eigenvalue weighted by Gasteiger charge is 1.90. The molecule has 0 aliphatic carbocycles. The van der Waals surface area contributed by atoms with Gasteiger partial charge in [0.1, 0.15) is 0 Å². The number of hydrogen-bond acceptors (Lipinski definition) is 2. The summed E-state index contributed by atoms with van der Waals surface area (Å²) >= 11 is 3.59.